The van der Waals surface area contributed by atoms with Crippen LogP contribution in [0, 0.1) is 19.8 Å². The second-order valence-electron chi connectivity index (χ2n) is 5.04. The van der Waals surface area contributed by atoms with Crippen molar-refractivity contribution in [3.8, 4) is 0 Å². The Balaban J connectivity index is 0.00000180. The van der Waals surface area contributed by atoms with Gasteiger partial charge in [0.1, 0.15) is 0 Å². The molecule has 1 atom stereocenters. The van der Waals surface area contributed by atoms with Gasteiger partial charge in [0.25, 0.3) is 0 Å². The summed E-state index contributed by atoms with van der Waals surface area (Å²) in [4.78, 5) is 11.9. The van der Waals surface area contributed by atoms with Gasteiger partial charge in [0.15, 0.2) is 0 Å². The van der Waals surface area contributed by atoms with E-state index in [9.17, 15) is 4.79 Å². The molecule has 1 aliphatic heterocycles. The fraction of sp³-hybridized carbons (Fsp3) is 0.500. The molecule has 2 rings (SSSR count). The van der Waals surface area contributed by atoms with Crippen LogP contribution in [0.4, 0.5) is 5.69 Å². The molecule has 3 nitrogen and oxygen atoms in total. The summed E-state index contributed by atoms with van der Waals surface area (Å²) in [6.07, 6.45) is 1.72. The molecule has 0 bridgehead atoms. The zero-order valence-corrected chi connectivity index (χ0v) is 13.7. The van der Waals surface area contributed by atoms with Crippen molar-refractivity contribution in [2.45, 2.75) is 26.7 Å². The highest BCUT2D eigenvalue weighted by Gasteiger charge is 2.18. The van der Waals surface area contributed by atoms with Gasteiger partial charge in [-0.25, -0.2) is 0 Å². The first-order valence-electron chi connectivity index (χ1n) is 6.33. The van der Waals surface area contributed by atoms with Gasteiger partial charge < -0.3 is 10.6 Å². The van der Waals surface area contributed by atoms with Crippen LogP contribution in [-0.4, -0.2) is 19.0 Å². The van der Waals surface area contributed by atoms with Crippen LogP contribution in [0.5, 0.6) is 0 Å². The van der Waals surface area contributed by atoms with Crippen molar-refractivity contribution >= 4 is 39.9 Å². The first kappa shape index (κ1) is 16.5. The van der Waals surface area contributed by atoms with E-state index in [1.165, 1.54) is 0 Å². The number of rotatable bonds is 3. The Morgan fingerprint density at radius 1 is 1.42 bits per heavy atom. The van der Waals surface area contributed by atoms with Crippen LogP contribution in [0.1, 0.15) is 24.0 Å². The van der Waals surface area contributed by atoms with Gasteiger partial charge in [0.05, 0.1) is 0 Å². The molecule has 0 radical (unpaired) electrons. The maximum Gasteiger partial charge on any atom is 0.224 e. The largest absolute Gasteiger partial charge is 0.326 e. The minimum atomic E-state index is 0. The lowest BCUT2D eigenvalue weighted by Gasteiger charge is -2.11. The number of hydrogen-bond donors (Lipinski definition) is 2. The molecule has 1 unspecified atom stereocenters. The zero-order valence-electron chi connectivity index (χ0n) is 11.3. The van der Waals surface area contributed by atoms with E-state index in [0.29, 0.717) is 12.3 Å². The van der Waals surface area contributed by atoms with Crippen LogP contribution in [0.2, 0.25) is 0 Å². The molecule has 1 heterocycles. The molecule has 0 aliphatic carbocycles. The van der Waals surface area contributed by atoms with E-state index in [0.717, 1.165) is 40.8 Å². The summed E-state index contributed by atoms with van der Waals surface area (Å²) in [5.41, 5.74) is 3.19. The summed E-state index contributed by atoms with van der Waals surface area (Å²) in [5.74, 6) is 0.604. The molecule has 2 N–H and O–H groups in total. The summed E-state index contributed by atoms with van der Waals surface area (Å²) in [5, 5.41) is 6.27. The Morgan fingerprint density at radius 3 is 2.58 bits per heavy atom. The van der Waals surface area contributed by atoms with Crippen LogP contribution in [0.3, 0.4) is 0 Å². The molecular formula is C14H20BrClN2O. The maximum atomic E-state index is 11.9. The van der Waals surface area contributed by atoms with Crippen molar-refractivity contribution in [1.29, 1.82) is 0 Å². The second kappa shape index (κ2) is 7.27. The molecular weight excluding hydrogens is 328 g/mol. The highest BCUT2D eigenvalue weighted by atomic mass is 79.9. The third-order valence-electron chi connectivity index (χ3n) is 3.36. The second-order valence-corrected chi connectivity index (χ2v) is 5.83. The number of nitrogens with one attached hydrogen (secondary N) is 2. The fourth-order valence-electron chi connectivity index (χ4n) is 2.38. The van der Waals surface area contributed by atoms with Crippen molar-refractivity contribution in [3.63, 3.8) is 0 Å². The van der Waals surface area contributed by atoms with Crippen LogP contribution < -0.4 is 10.6 Å². The molecule has 106 valence electrons. The Labute approximate surface area is 129 Å². The number of amides is 1. The molecule has 1 fully saturated rings. The van der Waals surface area contributed by atoms with E-state index in [2.05, 4.69) is 26.6 Å². The lowest BCUT2D eigenvalue weighted by Crippen LogP contribution is -2.18. The number of carbonyl (C=O) groups excluding carboxylic acids is 1. The third-order valence-corrected chi connectivity index (χ3v) is 4.61. The topological polar surface area (TPSA) is 41.1 Å². The molecule has 0 spiro atoms. The average Bonchev–Trinajstić information content (AvgIpc) is 2.78. The first-order valence-corrected chi connectivity index (χ1v) is 7.13. The predicted octanol–water partition coefficient (Wildman–Crippen LogP) is 3.43. The first-order chi connectivity index (χ1) is 8.56. The number of carbonyl (C=O) groups is 1. The number of halogens is 2. The molecule has 1 aromatic rings. The van der Waals surface area contributed by atoms with Gasteiger partial charge in [0.2, 0.25) is 5.91 Å². The molecule has 19 heavy (non-hydrogen) atoms. The number of benzene rings is 1. The Hall–Kier alpha value is -0.580. The van der Waals surface area contributed by atoms with Gasteiger partial charge in [-0.05, 0) is 62.5 Å². The van der Waals surface area contributed by atoms with Crippen LogP contribution >= 0.6 is 28.3 Å². The van der Waals surface area contributed by atoms with Gasteiger partial charge in [-0.3, -0.25) is 4.79 Å². The molecule has 1 saturated heterocycles. The SMILES string of the molecule is Cc1cc(NC(=O)CC2CCNC2)cc(C)c1Br.Cl. The highest BCUT2D eigenvalue weighted by molar-refractivity contribution is 9.10. The van der Waals surface area contributed by atoms with E-state index in [1.807, 2.05) is 26.0 Å². The van der Waals surface area contributed by atoms with E-state index >= 15 is 0 Å². The van der Waals surface area contributed by atoms with Gasteiger partial charge >= 0.3 is 0 Å². The standard InChI is InChI=1S/C14H19BrN2O.ClH/c1-9-5-12(6-10(2)14(9)15)17-13(18)7-11-3-4-16-8-11;/h5-6,11,16H,3-4,7-8H2,1-2H3,(H,17,18);1H. The van der Waals surface area contributed by atoms with Crippen LogP contribution in [-0.2, 0) is 4.79 Å². The van der Waals surface area contributed by atoms with Crippen LogP contribution in [0.25, 0.3) is 0 Å². The fourth-order valence-corrected chi connectivity index (χ4v) is 2.61. The minimum Gasteiger partial charge on any atom is -0.326 e. The van der Waals surface area contributed by atoms with Gasteiger partial charge in [0, 0.05) is 16.6 Å². The molecule has 1 aliphatic rings. The van der Waals surface area contributed by atoms with Gasteiger partial charge in [-0.15, -0.1) is 12.4 Å². The molecule has 1 aromatic carbocycles. The zero-order chi connectivity index (χ0) is 13.1. The molecule has 1 amide bonds. The van der Waals surface area contributed by atoms with E-state index in [4.69, 9.17) is 0 Å². The van der Waals surface area contributed by atoms with Gasteiger partial charge in [-0.1, -0.05) is 15.9 Å². The highest BCUT2D eigenvalue weighted by Crippen LogP contribution is 2.25. The minimum absolute atomic E-state index is 0. The maximum absolute atomic E-state index is 11.9. The predicted molar refractivity (Wildman–Crippen MR) is 85.1 cm³/mol. The Kier molecular flexibility index (Phi) is 6.30. The quantitative estimate of drug-likeness (QED) is 0.879. The average molecular weight is 348 g/mol. The summed E-state index contributed by atoms with van der Waals surface area (Å²) in [7, 11) is 0. The Morgan fingerprint density at radius 2 is 2.05 bits per heavy atom. The third kappa shape index (κ3) is 4.48. The van der Waals surface area contributed by atoms with Crippen molar-refractivity contribution in [2.75, 3.05) is 18.4 Å². The molecule has 0 aromatic heterocycles. The van der Waals surface area contributed by atoms with Crippen molar-refractivity contribution < 1.29 is 4.79 Å². The smallest absolute Gasteiger partial charge is 0.224 e. The van der Waals surface area contributed by atoms with E-state index in [-0.39, 0.29) is 18.3 Å². The lowest BCUT2D eigenvalue weighted by molar-refractivity contribution is -0.116. The van der Waals surface area contributed by atoms with Crippen molar-refractivity contribution in [3.05, 3.63) is 27.7 Å². The van der Waals surface area contributed by atoms with Crippen molar-refractivity contribution in [1.82, 2.24) is 5.32 Å². The number of hydrogen-bond acceptors (Lipinski definition) is 2. The summed E-state index contributed by atoms with van der Waals surface area (Å²) in [6.45, 7) is 6.07. The van der Waals surface area contributed by atoms with Gasteiger partial charge in [-0.2, -0.15) is 0 Å². The van der Waals surface area contributed by atoms with E-state index in [1.54, 1.807) is 0 Å². The van der Waals surface area contributed by atoms with E-state index < -0.39 is 0 Å². The number of anilines is 1. The molecule has 5 heteroatoms. The number of aryl methyl sites for hydroxylation is 2. The van der Waals surface area contributed by atoms with Crippen LogP contribution in [0.15, 0.2) is 16.6 Å². The normalized spacial score (nSPS) is 17.9. The Bertz CT molecular complexity index is 436. The molecule has 0 saturated carbocycles. The summed E-state index contributed by atoms with van der Waals surface area (Å²) in [6, 6.07) is 4.00. The monoisotopic (exact) mass is 346 g/mol. The summed E-state index contributed by atoms with van der Waals surface area (Å²) >= 11 is 3.53. The lowest BCUT2D eigenvalue weighted by atomic mass is 10.0. The van der Waals surface area contributed by atoms with Crippen molar-refractivity contribution in [2.24, 2.45) is 5.92 Å². The summed E-state index contributed by atoms with van der Waals surface area (Å²) < 4.78 is 1.11.